The van der Waals surface area contributed by atoms with Gasteiger partial charge in [-0.15, -0.1) is 0 Å². The number of hydrogen-bond acceptors (Lipinski definition) is 4. The topological polar surface area (TPSA) is 73.3 Å². The minimum atomic E-state index is -1.02. The second kappa shape index (κ2) is 7.44. The van der Waals surface area contributed by atoms with Gasteiger partial charge in [0.2, 0.25) is 0 Å². The van der Waals surface area contributed by atoms with Crippen molar-refractivity contribution in [3.05, 3.63) is 0 Å². The van der Waals surface area contributed by atoms with Crippen LogP contribution in [-0.4, -0.2) is 90.8 Å². The second-order valence-corrected chi connectivity index (χ2v) is 5.30. The van der Waals surface area contributed by atoms with Gasteiger partial charge in [-0.25, -0.2) is 9.59 Å². The Morgan fingerprint density at radius 3 is 2.60 bits per heavy atom. The number of ether oxygens (including phenoxy) is 1. The Hall–Kier alpha value is -1.34. The number of carboxylic acids is 1. The van der Waals surface area contributed by atoms with Crippen LogP contribution in [0.25, 0.3) is 0 Å². The maximum atomic E-state index is 12.6. The van der Waals surface area contributed by atoms with Crippen molar-refractivity contribution < 1.29 is 19.4 Å². The molecular weight excluding hydrogens is 262 g/mol. The van der Waals surface area contributed by atoms with Gasteiger partial charge in [-0.1, -0.05) is 0 Å². The molecule has 0 aromatic rings. The summed E-state index contributed by atoms with van der Waals surface area (Å²) in [5.41, 5.74) is 0. The van der Waals surface area contributed by atoms with Crippen molar-refractivity contribution in [1.29, 1.82) is 0 Å². The lowest BCUT2D eigenvalue weighted by molar-refractivity contribution is -0.147. The van der Waals surface area contributed by atoms with Crippen LogP contribution in [0.4, 0.5) is 4.79 Å². The van der Waals surface area contributed by atoms with E-state index in [9.17, 15) is 14.7 Å². The van der Waals surface area contributed by atoms with Gasteiger partial charge in [0, 0.05) is 25.7 Å². The number of nitrogens with zero attached hydrogens (tertiary/aromatic N) is 3. The normalized spacial score (nSPS) is 20.9. The molecule has 0 aliphatic carbocycles. The zero-order valence-electron chi connectivity index (χ0n) is 12.7. The molecule has 1 aliphatic rings. The Kier molecular flexibility index (Phi) is 6.22. The number of carbonyl (C=O) groups is 2. The number of aliphatic carboxylic acids is 1. The van der Waals surface area contributed by atoms with Gasteiger partial charge in [0.1, 0.15) is 0 Å². The van der Waals surface area contributed by atoms with Crippen molar-refractivity contribution in [1.82, 2.24) is 14.7 Å². The predicted molar refractivity (Wildman–Crippen MR) is 74.7 cm³/mol. The van der Waals surface area contributed by atoms with Crippen LogP contribution >= 0.6 is 0 Å². The molecule has 7 nitrogen and oxygen atoms in total. The summed E-state index contributed by atoms with van der Waals surface area (Å²) in [5.74, 6) is -1.02. The van der Waals surface area contributed by atoms with Crippen molar-refractivity contribution in [3.8, 4) is 0 Å². The molecule has 0 aromatic carbocycles. The summed E-state index contributed by atoms with van der Waals surface area (Å²) in [6.45, 7) is 5.92. The van der Waals surface area contributed by atoms with Crippen molar-refractivity contribution in [2.75, 3.05) is 46.9 Å². The lowest BCUT2D eigenvalue weighted by Gasteiger charge is -2.39. The zero-order valence-corrected chi connectivity index (χ0v) is 12.7. The Balaban J connectivity index is 2.80. The highest BCUT2D eigenvalue weighted by Gasteiger charge is 2.35. The molecule has 116 valence electrons. The zero-order chi connectivity index (χ0) is 15.3. The molecule has 0 bridgehead atoms. The quantitative estimate of drug-likeness (QED) is 0.780. The molecule has 0 saturated carbocycles. The lowest BCUT2D eigenvalue weighted by atomic mass is 10.2. The number of hydrogen-bond donors (Lipinski definition) is 1. The monoisotopic (exact) mass is 287 g/mol. The molecule has 1 rings (SSSR count). The van der Waals surface area contributed by atoms with Crippen molar-refractivity contribution >= 4 is 12.0 Å². The van der Waals surface area contributed by atoms with Gasteiger partial charge in [0.05, 0.1) is 13.2 Å². The van der Waals surface area contributed by atoms with Crippen LogP contribution < -0.4 is 0 Å². The summed E-state index contributed by atoms with van der Waals surface area (Å²) >= 11 is 0. The number of morpholine rings is 1. The molecule has 1 fully saturated rings. The van der Waals surface area contributed by atoms with Gasteiger partial charge >= 0.3 is 12.0 Å². The summed E-state index contributed by atoms with van der Waals surface area (Å²) in [6.07, 6.45) is 0. The largest absolute Gasteiger partial charge is 0.480 e. The van der Waals surface area contributed by atoms with Crippen LogP contribution in [0.2, 0.25) is 0 Å². The van der Waals surface area contributed by atoms with Crippen LogP contribution in [0.15, 0.2) is 0 Å². The Labute approximate surface area is 120 Å². The number of amides is 2. The minimum Gasteiger partial charge on any atom is -0.480 e. The summed E-state index contributed by atoms with van der Waals surface area (Å²) in [6, 6.07) is -1.09. The number of rotatable bonds is 5. The molecule has 1 saturated heterocycles. The van der Waals surface area contributed by atoms with Crippen LogP contribution in [0, 0.1) is 0 Å². The molecule has 2 unspecified atom stereocenters. The number of urea groups is 1. The first-order valence-electron chi connectivity index (χ1n) is 6.91. The standard InChI is InChI=1S/C13H25N3O4/c1-5-15(10(2)8-14(3)4)13(19)16-6-7-20-9-11(16)12(17)18/h10-11H,5-9H2,1-4H3,(H,17,18). The molecule has 1 heterocycles. The first-order chi connectivity index (χ1) is 9.38. The van der Waals surface area contributed by atoms with Crippen molar-refractivity contribution in [2.24, 2.45) is 0 Å². The maximum Gasteiger partial charge on any atom is 0.328 e. The Morgan fingerprint density at radius 2 is 2.10 bits per heavy atom. The second-order valence-electron chi connectivity index (χ2n) is 5.30. The highest BCUT2D eigenvalue weighted by molar-refractivity contribution is 5.83. The fourth-order valence-electron chi connectivity index (χ4n) is 2.46. The minimum absolute atomic E-state index is 0.0276. The SMILES string of the molecule is CCN(C(=O)N1CCOCC1C(=O)O)C(C)CN(C)C. The van der Waals surface area contributed by atoms with Gasteiger partial charge in [-0.2, -0.15) is 0 Å². The Bertz CT molecular complexity index is 349. The molecule has 1 N–H and O–H groups in total. The van der Waals surface area contributed by atoms with Gasteiger partial charge in [0.15, 0.2) is 6.04 Å². The van der Waals surface area contributed by atoms with E-state index < -0.39 is 12.0 Å². The molecule has 20 heavy (non-hydrogen) atoms. The number of carbonyl (C=O) groups excluding carboxylic acids is 1. The van der Waals surface area contributed by atoms with Crippen molar-refractivity contribution in [3.63, 3.8) is 0 Å². The van der Waals surface area contributed by atoms with Crippen molar-refractivity contribution in [2.45, 2.75) is 25.9 Å². The van der Waals surface area contributed by atoms with Crippen LogP contribution in [-0.2, 0) is 9.53 Å². The van der Waals surface area contributed by atoms with E-state index in [0.29, 0.717) is 19.7 Å². The smallest absolute Gasteiger partial charge is 0.328 e. The predicted octanol–water partition coefficient (Wildman–Crippen LogP) is 0.164. The molecule has 2 atom stereocenters. The fourth-order valence-corrected chi connectivity index (χ4v) is 2.46. The van der Waals surface area contributed by atoms with Crippen LogP contribution in [0.3, 0.4) is 0 Å². The molecule has 0 spiro atoms. The first-order valence-corrected chi connectivity index (χ1v) is 6.91. The molecule has 7 heteroatoms. The van der Waals surface area contributed by atoms with E-state index in [2.05, 4.69) is 0 Å². The third-order valence-electron chi connectivity index (χ3n) is 3.41. The molecule has 0 aromatic heterocycles. The molecule has 0 radical (unpaired) electrons. The fraction of sp³-hybridized carbons (Fsp3) is 0.846. The van der Waals surface area contributed by atoms with Gasteiger partial charge < -0.3 is 24.5 Å². The molecular formula is C13H25N3O4. The summed E-state index contributed by atoms with van der Waals surface area (Å²) in [7, 11) is 3.90. The first kappa shape index (κ1) is 16.7. The van der Waals surface area contributed by atoms with E-state index in [-0.39, 0.29) is 18.7 Å². The third kappa shape index (κ3) is 4.08. The van der Waals surface area contributed by atoms with E-state index in [1.54, 1.807) is 4.90 Å². The highest BCUT2D eigenvalue weighted by Crippen LogP contribution is 2.13. The van der Waals surface area contributed by atoms with E-state index >= 15 is 0 Å². The van der Waals surface area contributed by atoms with Crippen LogP contribution in [0.5, 0.6) is 0 Å². The van der Waals surface area contributed by atoms with E-state index in [4.69, 9.17) is 4.74 Å². The third-order valence-corrected chi connectivity index (χ3v) is 3.41. The van der Waals surface area contributed by atoms with E-state index in [0.717, 1.165) is 6.54 Å². The van der Waals surface area contributed by atoms with Gasteiger partial charge in [-0.05, 0) is 27.9 Å². The van der Waals surface area contributed by atoms with Crippen LogP contribution in [0.1, 0.15) is 13.8 Å². The summed E-state index contributed by atoms with van der Waals surface area (Å²) in [5, 5.41) is 9.20. The van der Waals surface area contributed by atoms with Gasteiger partial charge in [-0.3, -0.25) is 0 Å². The lowest BCUT2D eigenvalue weighted by Crippen LogP contribution is -2.58. The highest BCUT2D eigenvalue weighted by atomic mass is 16.5. The average molecular weight is 287 g/mol. The van der Waals surface area contributed by atoms with E-state index in [1.165, 1.54) is 4.90 Å². The number of likely N-dealkylation sites (N-methyl/N-ethyl adjacent to an activating group) is 2. The molecule has 1 aliphatic heterocycles. The maximum absolute atomic E-state index is 12.6. The Morgan fingerprint density at radius 1 is 1.45 bits per heavy atom. The summed E-state index contributed by atoms with van der Waals surface area (Å²) < 4.78 is 5.16. The van der Waals surface area contributed by atoms with E-state index in [1.807, 2.05) is 32.8 Å². The summed E-state index contributed by atoms with van der Waals surface area (Å²) in [4.78, 5) is 28.9. The molecule has 2 amide bonds. The number of carboxylic acid groups (broad SMARTS) is 1. The average Bonchev–Trinajstić information content (AvgIpc) is 2.38. The van der Waals surface area contributed by atoms with Gasteiger partial charge in [0.25, 0.3) is 0 Å².